The average Bonchev–Trinajstić information content (AvgIpc) is 1.86. The van der Waals surface area contributed by atoms with Crippen LogP contribution in [0.5, 0.6) is 0 Å². The second-order valence-electron chi connectivity index (χ2n) is 2.36. The quantitative estimate of drug-likeness (QED) is 0.684. The number of hydrogen-bond acceptors (Lipinski definition) is 2. The first-order chi connectivity index (χ1) is 5.07. The molecule has 0 aromatic rings. The lowest BCUT2D eigenvalue weighted by molar-refractivity contribution is 0.117. The van der Waals surface area contributed by atoms with Gasteiger partial charge in [-0.15, -0.1) is 0 Å². The zero-order valence-electron chi connectivity index (χ0n) is 7.13. The number of alkyl halides is 1. The first kappa shape index (κ1) is 10.8. The summed E-state index contributed by atoms with van der Waals surface area (Å²) in [4.78, 5) is 12.8. The smallest absolute Gasteiger partial charge is 0.409 e. The second-order valence-corrected chi connectivity index (χ2v) is 3.92. The van der Waals surface area contributed by atoms with Crippen LogP contribution in [-0.4, -0.2) is 36.0 Å². The number of amides is 1. The van der Waals surface area contributed by atoms with Gasteiger partial charge in [0, 0.05) is 18.4 Å². The molecule has 1 atom stereocenters. The van der Waals surface area contributed by atoms with E-state index < -0.39 is 0 Å². The molecule has 0 bridgehead atoms. The van der Waals surface area contributed by atoms with Crippen molar-refractivity contribution < 1.29 is 9.53 Å². The summed E-state index contributed by atoms with van der Waals surface area (Å²) in [5, 5.41) is 0. The molecule has 0 rings (SSSR count). The third-order valence-corrected chi connectivity index (χ3v) is 1.39. The molecule has 66 valence electrons. The van der Waals surface area contributed by atoms with E-state index in [1.165, 1.54) is 0 Å². The van der Waals surface area contributed by atoms with Gasteiger partial charge in [0.05, 0.1) is 6.61 Å². The largest absolute Gasteiger partial charge is 0.450 e. The zero-order valence-corrected chi connectivity index (χ0v) is 8.72. The molecule has 11 heavy (non-hydrogen) atoms. The van der Waals surface area contributed by atoms with Crippen molar-refractivity contribution >= 4 is 22.0 Å². The zero-order chi connectivity index (χ0) is 8.85. The molecule has 0 saturated carbocycles. The first-order valence-corrected chi connectivity index (χ1v) is 4.51. The maximum absolute atomic E-state index is 11.0. The molecule has 0 saturated heterocycles. The first-order valence-electron chi connectivity index (χ1n) is 3.59. The topological polar surface area (TPSA) is 29.5 Å². The highest BCUT2D eigenvalue weighted by Gasteiger charge is 2.10. The molecule has 0 heterocycles. The van der Waals surface area contributed by atoms with Crippen molar-refractivity contribution in [2.75, 3.05) is 20.2 Å². The Labute approximate surface area is 75.8 Å². The highest BCUT2D eigenvalue weighted by atomic mass is 79.9. The predicted octanol–water partition coefficient (Wildman–Crippen LogP) is 1.86. The monoisotopic (exact) mass is 223 g/mol. The summed E-state index contributed by atoms with van der Waals surface area (Å²) in [6.45, 7) is 4.87. The van der Waals surface area contributed by atoms with E-state index in [-0.39, 0.29) is 6.09 Å². The van der Waals surface area contributed by atoms with Crippen LogP contribution in [0.2, 0.25) is 0 Å². The lowest BCUT2D eigenvalue weighted by Crippen LogP contribution is -2.31. The minimum Gasteiger partial charge on any atom is -0.450 e. The van der Waals surface area contributed by atoms with Gasteiger partial charge in [-0.3, -0.25) is 0 Å². The summed E-state index contributed by atoms with van der Waals surface area (Å²) >= 11 is 3.34. The fourth-order valence-electron chi connectivity index (χ4n) is 0.686. The van der Waals surface area contributed by atoms with Crippen LogP contribution in [0.3, 0.4) is 0 Å². The summed E-state index contributed by atoms with van der Waals surface area (Å²) in [5.41, 5.74) is 0. The molecule has 0 aliphatic carbocycles. The minimum atomic E-state index is -0.265. The van der Waals surface area contributed by atoms with E-state index in [4.69, 9.17) is 4.74 Å². The third-order valence-electron chi connectivity index (χ3n) is 1.10. The molecule has 0 aliphatic heterocycles. The summed E-state index contributed by atoms with van der Waals surface area (Å²) in [6.07, 6.45) is -0.265. The SMILES string of the molecule is CCOC(=O)N(C)CC(C)Br. The number of nitrogens with zero attached hydrogens (tertiary/aromatic N) is 1. The minimum absolute atomic E-state index is 0.265. The number of carbonyl (C=O) groups excluding carboxylic acids is 1. The molecule has 3 nitrogen and oxygen atoms in total. The Morgan fingerprint density at radius 1 is 1.73 bits per heavy atom. The molecule has 4 heteroatoms. The molecule has 0 aliphatic rings. The van der Waals surface area contributed by atoms with Crippen molar-refractivity contribution in [3.05, 3.63) is 0 Å². The Kier molecular flexibility index (Phi) is 5.28. The molecule has 0 spiro atoms. The summed E-state index contributed by atoms with van der Waals surface area (Å²) in [6, 6.07) is 0. The van der Waals surface area contributed by atoms with E-state index >= 15 is 0 Å². The summed E-state index contributed by atoms with van der Waals surface area (Å²) in [7, 11) is 1.72. The molecule has 1 amide bonds. The van der Waals surface area contributed by atoms with Crippen LogP contribution in [0.1, 0.15) is 13.8 Å². The van der Waals surface area contributed by atoms with Gasteiger partial charge in [0.25, 0.3) is 0 Å². The number of carbonyl (C=O) groups is 1. The van der Waals surface area contributed by atoms with E-state index in [1.54, 1.807) is 18.9 Å². The lowest BCUT2D eigenvalue weighted by atomic mass is 10.4. The standard InChI is InChI=1S/C7H14BrNO2/c1-4-11-7(10)9(3)5-6(2)8/h6H,4-5H2,1-3H3. The molecule has 0 aromatic heterocycles. The Morgan fingerprint density at radius 3 is 2.64 bits per heavy atom. The fourth-order valence-corrected chi connectivity index (χ4v) is 1.12. The van der Waals surface area contributed by atoms with Crippen molar-refractivity contribution in [2.24, 2.45) is 0 Å². The Morgan fingerprint density at radius 2 is 2.27 bits per heavy atom. The van der Waals surface area contributed by atoms with E-state index in [2.05, 4.69) is 15.9 Å². The maximum Gasteiger partial charge on any atom is 0.409 e. The van der Waals surface area contributed by atoms with Crippen LogP contribution in [-0.2, 0) is 4.74 Å². The number of ether oxygens (including phenoxy) is 1. The Bertz CT molecular complexity index is 128. The van der Waals surface area contributed by atoms with Gasteiger partial charge in [0.2, 0.25) is 0 Å². The number of hydrogen-bond donors (Lipinski definition) is 0. The van der Waals surface area contributed by atoms with Gasteiger partial charge in [-0.1, -0.05) is 22.9 Å². The fraction of sp³-hybridized carbons (Fsp3) is 0.857. The lowest BCUT2D eigenvalue weighted by Gasteiger charge is -2.17. The van der Waals surface area contributed by atoms with Crippen LogP contribution in [0.25, 0.3) is 0 Å². The van der Waals surface area contributed by atoms with Crippen LogP contribution >= 0.6 is 15.9 Å². The normalized spacial score (nSPS) is 12.4. The van der Waals surface area contributed by atoms with E-state index in [0.717, 1.165) is 0 Å². The molecule has 0 aromatic carbocycles. The van der Waals surface area contributed by atoms with E-state index in [9.17, 15) is 4.79 Å². The van der Waals surface area contributed by atoms with Crippen LogP contribution < -0.4 is 0 Å². The van der Waals surface area contributed by atoms with Crippen molar-refractivity contribution in [3.63, 3.8) is 0 Å². The second kappa shape index (κ2) is 5.41. The van der Waals surface area contributed by atoms with Gasteiger partial charge in [-0.2, -0.15) is 0 Å². The average molecular weight is 224 g/mol. The predicted molar refractivity (Wildman–Crippen MR) is 48.0 cm³/mol. The van der Waals surface area contributed by atoms with Crippen molar-refractivity contribution in [3.8, 4) is 0 Å². The molecular formula is C7H14BrNO2. The maximum atomic E-state index is 11.0. The molecular weight excluding hydrogens is 210 g/mol. The van der Waals surface area contributed by atoms with Crippen molar-refractivity contribution in [2.45, 2.75) is 18.7 Å². The van der Waals surface area contributed by atoms with Gasteiger partial charge in [0.1, 0.15) is 0 Å². The molecule has 1 unspecified atom stereocenters. The molecule has 0 fully saturated rings. The van der Waals surface area contributed by atoms with Gasteiger partial charge < -0.3 is 9.64 Å². The van der Waals surface area contributed by atoms with Gasteiger partial charge in [0.15, 0.2) is 0 Å². The Hall–Kier alpha value is -0.250. The van der Waals surface area contributed by atoms with Crippen molar-refractivity contribution in [1.29, 1.82) is 0 Å². The van der Waals surface area contributed by atoms with E-state index in [0.29, 0.717) is 18.0 Å². The summed E-state index contributed by atoms with van der Waals surface area (Å²) in [5.74, 6) is 0. The van der Waals surface area contributed by atoms with E-state index in [1.807, 2.05) is 6.92 Å². The van der Waals surface area contributed by atoms with Crippen LogP contribution in [0, 0.1) is 0 Å². The molecule has 0 N–H and O–H groups in total. The Balaban J connectivity index is 3.64. The highest BCUT2D eigenvalue weighted by Crippen LogP contribution is 2.00. The summed E-state index contributed by atoms with van der Waals surface area (Å²) < 4.78 is 4.77. The van der Waals surface area contributed by atoms with Crippen LogP contribution in [0.15, 0.2) is 0 Å². The van der Waals surface area contributed by atoms with Gasteiger partial charge in [-0.25, -0.2) is 4.79 Å². The van der Waals surface area contributed by atoms with Crippen molar-refractivity contribution in [1.82, 2.24) is 4.90 Å². The van der Waals surface area contributed by atoms with Gasteiger partial charge in [-0.05, 0) is 6.92 Å². The molecule has 0 radical (unpaired) electrons. The number of halogens is 1. The highest BCUT2D eigenvalue weighted by molar-refractivity contribution is 9.09. The van der Waals surface area contributed by atoms with Crippen LogP contribution in [0.4, 0.5) is 4.79 Å². The third kappa shape index (κ3) is 5.07. The number of rotatable bonds is 3. The van der Waals surface area contributed by atoms with Gasteiger partial charge >= 0.3 is 6.09 Å².